The molecule has 64 valence electrons. The van der Waals surface area contributed by atoms with Gasteiger partial charge in [-0.3, -0.25) is 4.79 Å². The average Bonchev–Trinajstić information content (AvgIpc) is 1.98. The first-order valence-corrected chi connectivity index (χ1v) is 4.40. The van der Waals surface area contributed by atoms with E-state index in [4.69, 9.17) is 11.6 Å². The van der Waals surface area contributed by atoms with E-state index in [1.165, 1.54) is 5.54 Å². The maximum absolute atomic E-state index is 11.3. The summed E-state index contributed by atoms with van der Waals surface area (Å²) in [6.07, 6.45) is 1.76. The zero-order valence-corrected chi connectivity index (χ0v) is 8.11. The molecular formula is C9H15ClO. The number of hydrogen-bond acceptors (Lipinski definition) is 1. The highest BCUT2D eigenvalue weighted by molar-refractivity contribution is 6.27. The molecule has 0 fully saturated rings. The van der Waals surface area contributed by atoms with Gasteiger partial charge in [0, 0.05) is 17.0 Å². The van der Waals surface area contributed by atoms with Gasteiger partial charge in [0.1, 0.15) is 0 Å². The number of allylic oxidation sites excluding steroid dienone is 1. The molecule has 1 nitrogen and oxygen atoms in total. The van der Waals surface area contributed by atoms with Crippen LogP contribution < -0.4 is 0 Å². The predicted octanol–water partition coefficient (Wildman–Crippen LogP) is 3.13. The smallest absolute Gasteiger partial charge is 0.162 e. The van der Waals surface area contributed by atoms with Crippen molar-refractivity contribution < 1.29 is 4.79 Å². The maximum Gasteiger partial charge on any atom is 0.162 e. The lowest BCUT2D eigenvalue weighted by atomic mass is 9.99. The molecule has 0 radical (unpaired) electrons. The molecule has 2 heteroatoms. The van der Waals surface area contributed by atoms with Crippen molar-refractivity contribution >= 4 is 17.4 Å². The van der Waals surface area contributed by atoms with Gasteiger partial charge in [-0.05, 0) is 6.42 Å². The van der Waals surface area contributed by atoms with Crippen LogP contribution >= 0.6 is 11.6 Å². The van der Waals surface area contributed by atoms with Gasteiger partial charge in [0.2, 0.25) is 0 Å². The van der Waals surface area contributed by atoms with E-state index in [9.17, 15) is 4.79 Å². The van der Waals surface area contributed by atoms with Gasteiger partial charge in [0.25, 0.3) is 0 Å². The standard InChI is InChI=1S/C9H15ClO/c1-4-5-8(6-10)9(11)7(2)3/h6-7H,4-5H2,1-3H3. The van der Waals surface area contributed by atoms with Crippen LogP contribution in [0.5, 0.6) is 0 Å². The first-order chi connectivity index (χ1) is 5.13. The quantitative estimate of drug-likeness (QED) is 0.599. The third-order valence-electron chi connectivity index (χ3n) is 1.49. The Morgan fingerprint density at radius 1 is 1.55 bits per heavy atom. The number of carbonyl (C=O) groups is 1. The van der Waals surface area contributed by atoms with E-state index in [2.05, 4.69) is 0 Å². The number of halogens is 1. The molecule has 0 heterocycles. The Bertz CT molecular complexity index is 159. The van der Waals surface area contributed by atoms with E-state index in [0.717, 1.165) is 18.4 Å². The largest absolute Gasteiger partial charge is 0.294 e. The van der Waals surface area contributed by atoms with Crippen LogP contribution in [0.4, 0.5) is 0 Å². The van der Waals surface area contributed by atoms with Crippen molar-refractivity contribution in [2.45, 2.75) is 33.6 Å². The highest BCUT2D eigenvalue weighted by atomic mass is 35.5. The van der Waals surface area contributed by atoms with Crippen molar-refractivity contribution in [2.75, 3.05) is 0 Å². The van der Waals surface area contributed by atoms with Crippen molar-refractivity contribution in [3.63, 3.8) is 0 Å². The van der Waals surface area contributed by atoms with E-state index in [1.807, 2.05) is 20.8 Å². The van der Waals surface area contributed by atoms with Crippen LogP contribution in [0.1, 0.15) is 33.6 Å². The maximum atomic E-state index is 11.3. The Labute approximate surface area is 73.4 Å². The van der Waals surface area contributed by atoms with Crippen LogP contribution in [0, 0.1) is 5.92 Å². The van der Waals surface area contributed by atoms with Gasteiger partial charge in [-0.15, -0.1) is 0 Å². The first kappa shape index (κ1) is 10.7. The van der Waals surface area contributed by atoms with E-state index in [1.54, 1.807) is 0 Å². The zero-order chi connectivity index (χ0) is 8.85. The molecule has 0 aromatic rings. The molecule has 0 amide bonds. The van der Waals surface area contributed by atoms with Crippen molar-refractivity contribution in [1.82, 2.24) is 0 Å². The van der Waals surface area contributed by atoms with E-state index >= 15 is 0 Å². The minimum absolute atomic E-state index is 0.0616. The Morgan fingerprint density at radius 3 is 2.36 bits per heavy atom. The molecule has 0 bridgehead atoms. The molecule has 0 aliphatic heterocycles. The molecule has 0 aliphatic carbocycles. The summed E-state index contributed by atoms with van der Waals surface area (Å²) < 4.78 is 0. The van der Waals surface area contributed by atoms with Crippen LogP contribution in [0.2, 0.25) is 0 Å². The average molecular weight is 175 g/mol. The van der Waals surface area contributed by atoms with Gasteiger partial charge in [-0.1, -0.05) is 38.8 Å². The summed E-state index contributed by atoms with van der Waals surface area (Å²) in [5.41, 5.74) is 2.16. The SMILES string of the molecule is CCCC(=CCl)C(=O)C(C)C. The molecule has 0 spiro atoms. The van der Waals surface area contributed by atoms with Gasteiger partial charge in [-0.2, -0.15) is 0 Å². The zero-order valence-electron chi connectivity index (χ0n) is 7.36. The molecule has 0 aromatic heterocycles. The van der Waals surface area contributed by atoms with E-state index in [-0.39, 0.29) is 11.7 Å². The van der Waals surface area contributed by atoms with Crippen LogP contribution in [0.25, 0.3) is 0 Å². The number of rotatable bonds is 4. The van der Waals surface area contributed by atoms with Crippen LogP contribution in [0.3, 0.4) is 0 Å². The second-order valence-electron chi connectivity index (χ2n) is 2.90. The monoisotopic (exact) mass is 174 g/mol. The predicted molar refractivity (Wildman–Crippen MR) is 48.7 cm³/mol. The summed E-state index contributed by atoms with van der Waals surface area (Å²) in [5.74, 6) is 0.230. The van der Waals surface area contributed by atoms with Gasteiger partial charge in [0.15, 0.2) is 5.78 Å². The van der Waals surface area contributed by atoms with E-state index < -0.39 is 0 Å². The molecule has 0 atom stereocenters. The molecule has 0 aliphatic rings. The van der Waals surface area contributed by atoms with Gasteiger partial charge in [-0.25, -0.2) is 0 Å². The molecule has 0 saturated carbocycles. The number of carbonyl (C=O) groups excluding carboxylic acids is 1. The third kappa shape index (κ3) is 3.57. The molecule has 0 aromatic carbocycles. The van der Waals surface area contributed by atoms with Gasteiger partial charge >= 0.3 is 0 Å². The highest BCUT2D eigenvalue weighted by Gasteiger charge is 2.11. The molecule has 0 rings (SSSR count). The lowest BCUT2D eigenvalue weighted by Gasteiger charge is -2.05. The Kier molecular flexibility index (Phi) is 5.22. The lowest BCUT2D eigenvalue weighted by Crippen LogP contribution is -2.09. The van der Waals surface area contributed by atoms with Gasteiger partial charge < -0.3 is 0 Å². The Hall–Kier alpha value is -0.300. The third-order valence-corrected chi connectivity index (χ3v) is 1.76. The summed E-state index contributed by atoms with van der Waals surface area (Å²) in [6.45, 7) is 5.81. The summed E-state index contributed by atoms with van der Waals surface area (Å²) in [5, 5.41) is 0. The second-order valence-corrected chi connectivity index (χ2v) is 3.12. The Morgan fingerprint density at radius 2 is 2.09 bits per heavy atom. The van der Waals surface area contributed by atoms with Crippen LogP contribution in [-0.4, -0.2) is 5.78 Å². The van der Waals surface area contributed by atoms with Crippen LogP contribution in [-0.2, 0) is 4.79 Å². The van der Waals surface area contributed by atoms with Crippen LogP contribution in [0.15, 0.2) is 11.1 Å². The fraction of sp³-hybridized carbons (Fsp3) is 0.667. The minimum atomic E-state index is 0.0616. The Balaban J connectivity index is 4.16. The summed E-state index contributed by atoms with van der Waals surface area (Å²) in [7, 11) is 0. The first-order valence-electron chi connectivity index (χ1n) is 3.97. The molecule has 0 N–H and O–H groups in total. The second kappa shape index (κ2) is 5.36. The topological polar surface area (TPSA) is 17.1 Å². The number of ketones is 1. The highest BCUT2D eigenvalue weighted by Crippen LogP contribution is 2.12. The summed E-state index contributed by atoms with van der Waals surface area (Å²) in [4.78, 5) is 11.3. The summed E-state index contributed by atoms with van der Waals surface area (Å²) >= 11 is 5.50. The van der Waals surface area contributed by atoms with Crippen molar-refractivity contribution in [1.29, 1.82) is 0 Å². The molecule has 0 saturated heterocycles. The van der Waals surface area contributed by atoms with E-state index in [0.29, 0.717) is 0 Å². The fourth-order valence-corrected chi connectivity index (χ4v) is 1.09. The minimum Gasteiger partial charge on any atom is -0.294 e. The van der Waals surface area contributed by atoms with Gasteiger partial charge in [0.05, 0.1) is 0 Å². The number of Topliss-reactive ketones (excluding diaryl/α,β-unsaturated/α-hetero) is 1. The van der Waals surface area contributed by atoms with Crippen molar-refractivity contribution in [3.8, 4) is 0 Å². The lowest BCUT2D eigenvalue weighted by molar-refractivity contribution is -0.118. The van der Waals surface area contributed by atoms with Crippen molar-refractivity contribution in [3.05, 3.63) is 11.1 Å². The molecule has 0 unspecified atom stereocenters. The fourth-order valence-electron chi connectivity index (χ4n) is 0.872. The van der Waals surface area contributed by atoms with Crippen molar-refractivity contribution in [2.24, 2.45) is 5.92 Å². The molecular weight excluding hydrogens is 160 g/mol. The number of hydrogen-bond donors (Lipinski definition) is 0. The molecule has 11 heavy (non-hydrogen) atoms. The normalized spacial score (nSPS) is 12.3. The summed E-state index contributed by atoms with van der Waals surface area (Å²) in [6, 6.07) is 0.